The molecule has 0 aromatic carbocycles. The molecule has 1 amide bonds. The lowest BCUT2D eigenvalue weighted by atomic mass is 10.2. The largest absolute Gasteiger partial charge is 0.469 e. The summed E-state index contributed by atoms with van der Waals surface area (Å²) in [5.74, 6) is 1.56. The van der Waals surface area contributed by atoms with Crippen LogP contribution < -0.4 is 0 Å². The van der Waals surface area contributed by atoms with Gasteiger partial charge in [-0.2, -0.15) is 0 Å². The highest BCUT2D eigenvalue weighted by Crippen LogP contribution is 2.29. The van der Waals surface area contributed by atoms with Gasteiger partial charge in [0.05, 0.1) is 28.6 Å². The molecule has 1 aliphatic rings. The van der Waals surface area contributed by atoms with Crippen molar-refractivity contribution in [1.29, 1.82) is 0 Å². The molecular formula is C17H24N4O4S2. The number of carbonyl (C=O) groups is 1. The fourth-order valence-corrected chi connectivity index (χ4v) is 5.94. The Kier molecular flexibility index (Phi) is 5.66. The van der Waals surface area contributed by atoms with Crippen molar-refractivity contribution in [3.05, 3.63) is 18.1 Å². The second-order valence-corrected chi connectivity index (χ2v) is 10.2. The van der Waals surface area contributed by atoms with E-state index in [1.54, 1.807) is 11.2 Å². The monoisotopic (exact) mass is 412 g/mol. The second kappa shape index (κ2) is 7.67. The van der Waals surface area contributed by atoms with Gasteiger partial charge in [-0.1, -0.05) is 11.8 Å². The molecule has 0 unspecified atom stereocenters. The highest BCUT2D eigenvalue weighted by molar-refractivity contribution is 8.00. The van der Waals surface area contributed by atoms with E-state index < -0.39 is 15.1 Å². The number of hydrogen-bond donors (Lipinski definition) is 0. The Bertz CT molecular complexity index is 935. The summed E-state index contributed by atoms with van der Waals surface area (Å²) in [7, 11) is -1.19. The SMILES string of the molecule is CCN(C(=O)[C@H](C)Sc1nnc(-c2ccoc2C)n1C)[C@@H]1CCS(=O)(=O)C1. The quantitative estimate of drug-likeness (QED) is 0.668. The number of thioether (sulfide) groups is 1. The van der Waals surface area contributed by atoms with Gasteiger partial charge >= 0.3 is 0 Å². The van der Waals surface area contributed by atoms with Crippen molar-refractivity contribution < 1.29 is 17.6 Å². The smallest absolute Gasteiger partial charge is 0.236 e. The van der Waals surface area contributed by atoms with Crippen molar-refractivity contribution in [3.8, 4) is 11.4 Å². The number of hydrogen-bond acceptors (Lipinski definition) is 7. The van der Waals surface area contributed by atoms with E-state index in [2.05, 4.69) is 10.2 Å². The first-order chi connectivity index (χ1) is 12.7. The van der Waals surface area contributed by atoms with Crippen molar-refractivity contribution in [3.63, 3.8) is 0 Å². The Morgan fingerprint density at radius 1 is 1.48 bits per heavy atom. The van der Waals surface area contributed by atoms with Crippen LogP contribution >= 0.6 is 11.8 Å². The van der Waals surface area contributed by atoms with E-state index in [0.717, 1.165) is 11.3 Å². The number of nitrogens with zero attached hydrogens (tertiary/aromatic N) is 4. The Morgan fingerprint density at radius 3 is 2.78 bits per heavy atom. The molecule has 0 radical (unpaired) electrons. The average molecular weight is 413 g/mol. The molecule has 0 N–H and O–H groups in total. The molecule has 1 saturated heterocycles. The zero-order chi connectivity index (χ0) is 19.8. The van der Waals surface area contributed by atoms with E-state index in [1.807, 2.05) is 38.5 Å². The van der Waals surface area contributed by atoms with Crippen LogP contribution in [0, 0.1) is 6.92 Å². The van der Waals surface area contributed by atoms with Crippen molar-refractivity contribution in [2.45, 2.75) is 43.6 Å². The molecule has 2 atom stereocenters. The molecule has 2 aromatic heterocycles. The standard InChI is InChI=1S/C17H24N4O4S2/c1-5-21(13-7-9-27(23,24)10-13)16(22)12(3)26-17-19-18-15(20(17)4)14-6-8-25-11(14)2/h6,8,12-13H,5,7,9-10H2,1-4H3/t12-,13+/m0/s1. The highest BCUT2D eigenvalue weighted by atomic mass is 32.2. The van der Waals surface area contributed by atoms with Gasteiger partial charge < -0.3 is 13.9 Å². The van der Waals surface area contributed by atoms with E-state index in [-0.39, 0.29) is 23.5 Å². The molecule has 3 heterocycles. The maximum absolute atomic E-state index is 12.9. The van der Waals surface area contributed by atoms with Crippen molar-refractivity contribution >= 4 is 27.5 Å². The predicted molar refractivity (Wildman–Crippen MR) is 103 cm³/mol. The molecule has 27 heavy (non-hydrogen) atoms. The Labute approximate surface area is 163 Å². The van der Waals surface area contributed by atoms with Crippen LogP contribution in [-0.2, 0) is 21.7 Å². The van der Waals surface area contributed by atoms with Crippen molar-refractivity contribution in [2.75, 3.05) is 18.1 Å². The molecule has 0 saturated carbocycles. The molecule has 10 heteroatoms. The Morgan fingerprint density at radius 2 is 2.22 bits per heavy atom. The number of aryl methyl sites for hydroxylation is 1. The maximum Gasteiger partial charge on any atom is 0.236 e. The third-order valence-corrected chi connectivity index (χ3v) is 7.71. The van der Waals surface area contributed by atoms with Crippen LogP contribution in [0.5, 0.6) is 0 Å². The molecular weight excluding hydrogens is 388 g/mol. The number of amides is 1. The lowest BCUT2D eigenvalue weighted by molar-refractivity contribution is -0.131. The fourth-order valence-electron chi connectivity index (χ4n) is 3.33. The molecule has 1 aliphatic heterocycles. The number of sulfone groups is 1. The number of carbonyl (C=O) groups excluding carboxylic acids is 1. The number of rotatable bonds is 6. The first kappa shape index (κ1) is 19.9. The van der Waals surface area contributed by atoms with Gasteiger partial charge in [-0.25, -0.2) is 8.42 Å². The summed E-state index contributed by atoms with van der Waals surface area (Å²) >= 11 is 1.32. The normalized spacial score (nSPS) is 19.9. The number of furan rings is 1. The van der Waals surface area contributed by atoms with Crippen molar-refractivity contribution in [1.82, 2.24) is 19.7 Å². The summed E-state index contributed by atoms with van der Waals surface area (Å²) in [5.41, 5.74) is 0.863. The van der Waals surface area contributed by atoms with Gasteiger partial charge in [-0.15, -0.1) is 10.2 Å². The van der Waals surface area contributed by atoms with Crippen LogP contribution in [0.4, 0.5) is 0 Å². The minimum absolute atomic E-state index is 0.0534. The Balaban J connectivity index is 1.73. The van der Waals surface area contributed by atoms with Crippen LogP contribution in [0.2, 0.25) is 0 Å². The van der Waals surface area contributed by atoms with E-state index in [1.165, 1.54) is 11.8 Å². The molecule has 148 valence electrons. The van der Waals surface area contributed by atoms with E-state index in [4.69, 9.17) is 4.42 Å². The lowest BCUT2D eigenvalue weighted by Crippen LogP contribution is -2.44. The lowest BCUT2D eigenvalue weighted by Gasteiger charge is -2.29. The maximum atomic E-state index is 12.9. The molecule has 2 aromatic rings. The molecule has 0 bridgehead atoms. The fraction of sp³-hybridized carbons (Fsp3) is 0.588. The Hall–Kier alpha value is -1.81. The van der Waals surface area contributed by atoms with Gasteiger partial charge in [-0.05, 0) is 33.3 Å². The van der Waals surface area contributed by atoms with Gasteiger partial charge in [0.1, 0.15) is 5.76 Å². The molecule has 0 aliphatic carbocycles. The van der Waals surface area contributed by atoms with Crippen LogP contribution in [-0.4, -0.2) is 63.3 Å². The van der Waals surface area contributed by atoms with E-state index in [9.17, 15) is 13.2 Å². The summed E-state index contributed by atoms with van der Waals surface area (Å²) < 4.78 is 30.7. The van der Waals surface area contributed by atoms with Gasteiger partial charge in [0.2, 0.25) is 5.91 Å². The summed E-state index contributed by atoms with van der Waals surface area (Å²) in [6.07, 6.45) is 2.11. The highest BCUT2D eigenvalue weighted by Gasteiger charge is 2.35. The summed E-state index contributed by atoms with van der Waals surface area (Å²) in [6.45, 7) is 6.04. The van der Waals surface area contributed by atoms with E-state index >= 15 is 0 Å². The predicted octanol–water partition coefficient (Wildman–Crippen LogP) is 1.90. The summed E-state index contributed by atoms with van der Waals surface area (Å²) in [5, 5.41) is 8.66. The van der Waals surface area contributed by atoms with Crippen LogP contribution in [0.15, 0.2) is 21.9 Å². The first-order valence-electron chi connectivity index (χ1n) is 8.85. The minimum Gasteiger partial charge on any atom is -0.469 e. The van der Waals surface area contributed by atoms with Crippen LogP contribution in [0.3, 0.4) is 0 Å². The van der Waals surface area contributed by atoms with Crippen LogP contribution in [0.25, 0.3) is 11.4 Å². The summed E-state index contributed by atoms with van der Waals surface area (Å²) in [6, 6.07) is 1.60. The van der Waals surface area contributed by atoms with E-state index in [0.29, 0.717) is 23.9 Å². The summed E-state index contributed by atoms with van der Waals surface area (Å²) in [4.78, 5) is 14.6. The van der Waals surface area contributed by atoms with Gasteiger partial charge in [0.15, 0.2) is 20.8 Å². The zero-order valence-electron chi connectivity index (χ0n) is 15.9. The second-order valence-electron chi connectivity index (χ2n) is 6.70. The number of aromatic nitrogens is 3. The van der Waals surface area contributed by atoms with Crippen molar-refractivity contribution in [2.24, 2.45) is 7.05 Å². The van der Waals surface area contributed by atoms with Gasteiger partial charge in [-0.3, -0.25) is 4.79 Å². The third kappa shape index (κ3) is 4.06. The zero-order valence-corrected chi connectivity index (χ0v) is 17.5. The third-order valence-electron chi connectivity index (χ3n) is 4.84. The molecule has 8 nitrogen and oxygen atoms in total. The topological polar surface area (TPSA) is 98.3 Å². The van der Waals surface area contributed by atoms with Gasteiger partial charge in [0, 0.05) is 19.6 Å². The molecule has 0 spiro atoms. The minimum atomic E-state index is -3.04. The first-order valence-corrected chi connectivity index (χ1v) is 11.5. The van der Waals surface area contributed by atoms with Gasteiger partial charge in [0.25, 0.3) is 0 Å². The average Bonchev–Trinajstić information content (AvgIpc) is 3.28. The molecule has 3 rings (SSSR count). The molecule has 1 fully saturated rings. The van der Waals surface area contributed by atoms with Crippen LogP contribution in [0.1, 0.15) is 26.0 Å².